The number of hydrogen-bond acceptors (Lipinski definition) is 4. The summed E-state index contributed by atoms with van der Waals surface area (Å²) in [6, 6.07) is 5.51. The molecular weight excluding hydrogens is 288 g/mol. The fraction of sp³-hybridized carbons (Fsp3) is 0.364. The first-order chi connectivity index (χ1) is 8.11. The predicted octanol–water partition coefficient (Wildman–Crippen LogP) is 1.35. The molecule has 0 bridgehead atoms. The van der Waals surface area contributed by atoms with Gasteiger partial charge in [-0.2, -0.15) is 0 Å². The van der Waals surface area contributed by atoms with Crippen molar-refractivity contribution in [2.75, 3.05) is 20.2 Å². The van der Waals surface area contributed by atoms with E-state index in [0.29, 0.717) is 6.54 Å². The fourth-order valence-corrected chi connectivity index (χ4v) is 2.35. The number of benzene rings is 1. The summed E-state index contributed by atoms with van der Waals surface area (Å²) in [5.41, 5.74) is 5.77. The number of carbonyl (C=O) groups is 1. The number of cyclic esters (lactones) is 1. The molecule has 0 spiro atoms. The van der Waals surface area contributed by atoms with Gasteiger partial charge in [-0.15, -0.1) is 0 Å². The predicted molar refractivity (Wildman–Crippen MR) is 65.9 cm³/mol. The van der Waals surface area contributed by atoms with Crippen molar-refractivity contribution < 1.29 is 14.3 Å². The summed E-state index contributed by atoms with van der Waals surface area (Å²) in [6.07, 6.45) is -0.442. The molecule has 1 aromatic carbocycles. The largest absolute Gasteiger partial charge is 0.496 e. The maximum Gasteiger partial charge on any atom is 0.408 e. The first-order valence-corrected chi connectivity index (χ1v) is 5.91. The molecule has 1 aliphatic heterocycles. The highest BCUT2D eigenvalue weighted by Crippen LogP contribution is 2.33. The van der Waals surface area contributed by atoms with Crippen molar-refractivity contribution in [3.63, 3.8) is 0 Å². The van der Waals surface area contributed by atoms with Crippen molar-refractivity contribution in [1.82, 2.24) is 5.32 Å². The van der Waals surface area contributed by atoms with Crippen LogP contribution in [-0.4, -0.2) is 26.3 Å². The highest BCUT2D eigenvalue weighted by molar-refractivity contribution is 9.10. The van der Waals surface area contributed by atoms with Crippen molar-refractivity contribution in [2.24, 2.45) is 5.73 Å². The van der Waals surface area contributed by atoms with Gasteiger partial charge in [-0.05, 0) is 28.1 Å². The molecule has 0 aliphatic carbocycles. The molecule has 1 unspecified atom stereocenters. The molecule has 5 nitrogen and oxygen atoms in total. The molecular formula is C11H13BrN2O3. The second-order valence-corrected chi connectivity index (χ2v) is 4.65. The van der Waals surface area contributed by atoms with E-state index >= 15 is 0 Å². The fourth-order valence-electron chi connectivity index (χ4n) is 1.81. The number of nitrogens with two attached hydrogens (primary N) is 1. The first-order valence-electron chi connectivity index (χ1n) is 5.12. The second kappa shape index (κ2) is 4.54. The Morgan fingerprint density at radius 1 is 1.65 bits per heavy atom. The lowest BCUT2D eigenvalue weighted by Gasteiger charge is -2.25. The number of carbonyl (C=O) groups excluding carboxylic acids is 1. The number of alkyl carbamates (subject to hydrolysis) is 1. The van der Waals surface area contributed by atoms with Crippen LogP contribution in [0.2, 0.25) is 0 Å². The van der Waals surface area contributed by atoms with Crippen LogP contribution < -0.4 is 15.8 Å². The van der Waals surface area contributed by atoms with Crippen molar-refractivity contribution in [3.8, 4) is 5.75 Å². The summed E-state index contributed by atoms with van der Waals surface area (Å²) in [4.78, 5) is 11.2. The molecule has 2 rings (SSSR count). The van der Waals surface area contributed by atoms with Gasteiger partial charge in [0.15, 0.2) is 5.60 Å². The lowest BCUT2D eigenvalue weighted by molar-refractivity contribution is 0.0616. The molecule has 1 aromatic rings. The zero-order chi connectivity index (χ0) is 12.5. The quantitative estimate of drug-likeness (QED) is 0.884. The third-order valence-electron chi connectivity index (χ3n) is 2.81. The van der Waals surface area contributed by atoms with Crippen LogP contribution in [-0.2, 0) is 10.3 Å². The van der Waals surface area contributed by atoms with E-state index in [2.05, 4.69) is 21.2 Å². The van der Waals surface area contributed by atoms with E-state index < -0.39 is 11.7 Å². The summed E-state index contributed by atoms with van der Waals surface area (Å²) >= 11 is 3.40. The number of hydrogen-bond donors (Lipinski definition) is 2. The van der Waals surface area contributed by atoms with Gasteiger partial charge in [0, 0.05) is 12.1 Å². The highest BCUT2D eigenvalue weighted by atomic mass is 79.9. The highest BCUT2D eigenvalue weighted by Gasteiger charge is 2.41. The Hall–Kier alpha value is -1.27. The van der Waals surface area contributed by atoms with Crippen molar-refractivity contribution in [2.45, 2.75) is 5.60 Å². The molecule has 1 aliphatic rings. The Morgan fingerprint density at radius 3 is 2.88 bits per heavy atom. The standard InChI is InChI=1S/C11H13BrN2O3/c1-16-9-3-2-7(4-8(9)12)11(5-13)6-14-10(15)17-11/h2-4H,5-6,13H2,1H3,(H,14,15). The number of nitrogens with one attached hydrogen (secondary N) is 1. The van der Waals surface area contributed by atoms with Gasteiger partial charge in [0.05, 0.1) is 18.1 Å². The number of ether oxygens (including phenoxy) is 2. The molecule has 1 heterocycles. The maximum atomic E-state index is 11.2. The third kappa shape index (κ3) is 2.10. The van der Waals surface area contributed by atoms with Crippen LogP contribution in [0.15, 0.2) is 22.7 Å². The van der Waals surface area contributed by atoms with Gasteiger partial charge < -0.3 is 20.5 Å². The monoisotopic (exact) mass is 300 g/mol. The summed E-state index contributed by atoms with van der Waals surface area (Å²) in [5.74, 6) is 0.721. The molecule has 92 valence electrons. The Kier molecular flexibility index (Phi) is 3.26. The molecule has 1 amide bonds. The van der Waals surface area contributed by atoms with Gasteiger partial charge in [-0.3, -0.25) is 0 Å². The number of halogens is 1. The lowest BCUT2D eigenvalue weighted by Crippen LogP contribution is -2.38. The Morgan fingerprint density at radius 2 is 2.41 bits per heavy atom. The van der Waals surface area contributed by atoms with Crippen molar-refractivity contribution in [3.05, 3.63) is 28.2 Å². The van der Waals surface area contributed by atoms with E-state index in [1.54, 1.807) is 7.11 Å². The van der Waals surface area contributed by atoms with Gasteiger partial charge in [-0.25, -0.2) is 4.79 Å². The van der Waals surface area contributed by atoms with E-state index in [-0.39, 0.29) is 6.54 Å². The van der Waals surface area contributed by atoms with E-state index in [0.717, 1.165) is 15.8 Å². The summed E-state index contributed by atoms with van der Waals surface area (Å²) in [7, 11) is 1.59. The van der Waals surface area contributed by atoms with Crippen molar-refractivity contribution >= 4 is 22.0 Å². The average molecular weight is 301 g/mol. The summed E-state index contributed by atoms with van der Waals surface area (Å²) in [5, 5.41) is 2.62. The van der Waals surface area contributed by atoms with Crippen molar-refractivity contribution in [1.29, 1.82) is 0 Å². The van der Waals surface area contributed by atoms with Gasteiger partial charge in [0.25, 0.3) is 0 Å². The Bertz CT molecular complexity index is 452. The number of rotatable bonds is 3. The summed E-state index contributed by atoms with van der Waals surface area (Å²) in [6.45, 7) is 0.603. The van der Waals surface area contributed by atoms with Crippen LogP contribution in [0.3, 0.4) is 0 Å². The normalized spacial score (nSPS) is 23.1. The van der Waals surface area contributed by atoms with Gasteiger partial charge >= 0.3 is 6.09 Å². The minimum atomic E-state index is -0.786. The molecule has 1 fully saturated rings. The maximum absolute atomic E-state index is 11.2. The third-order valence-corrected chi connectivity index (χ3v) is 3.43. The Labute approximate surface area is 107 Å². The smallest absolute Gasteiger partial charge is 0.408 e. The summed E-state index contributed by atoms with van der Waals surface area (Å²) < 4.78 is 11.2. The van der Waals surface area contributed by atoms with Gasteiger partial charge in [-0.1, -0.05) is 6.07 Å². The molecule has 0 saturated carbocycles. The zero-order valence-corrected chi connectivity index (χ0v) is 10.9. The minimum Gasteiger partial charge on any atom is -0.496 e. The molecule has 1 saturated heterocycles. The molecule has 0 radical (unpaired) electrons. The molecule has 3 N–H and O–H groups in total. The van der Waals surface area contributed by atoms with Crippen LogP contribution in [0, 0.1) is 0 Å². The van der Waals surface area contributed by atoms with Gasteiger partial charge in [0.2, 0.25) is 0 Å². The molecule has 1 atom stereocenters. The Balaban J connectivity index is 2.38. The van der Waals surface area contributed by atoms with Crippen LogP contribution in [0.5, 0.6) is 5.75 Å². The van der Waals surface area contributed by atoms with Crippen LogP contribution >= 0.6 is 15.9 Å². The first kappa shape index (κ1) is 12.2. The topological polar surface area (TPSA) is 73.6 Å². The van der Waals surface area contributed by atoms with Crippen LogP contribution in [0.25, 0.3) is 0 Å². The van der Waals surface area contributed by atoms with E-state index in [1.165, 1.54) is 0 Å². The lowest BCUT2D eigenvalue weighted by atomic mass is 9.94. The SMILES string of the molecule is COc1ccc(C2(CN)CNC(=O)O2)cc1Br. The molecule has 0 aromatic heterocycles. The molecule has 17 heavy (non-hydrogen) atoms. The molecule has 6 heteroatoms. The van der Waals surface area contributed by atoms with E-state index in [1.807, 2.05) is 18.2 Å². The average Bonchev–Trinajstić information content (AvgIpc) is 2.72. The van der Waals surface area contributed by atoms with Crippen LogP contribution in [0.1, 0.15) is 5.56 Å². The minimum absolute atomic E-state index is 0.227. The number of amides is 1. The van der Waals surface area contributed by atoms with Crippen LogP contribution in [0.4, 0.5) is 4.79 Å². The van der Waals surface area contributed by atoms with E-state index in [9.17, 15) is 4.79 Å². The zero-order valence-electron chi connectivity index (χ0n) is 9.33. The van der Waals surface area contributed by atoms with Gasteiger partial charge in [0.1, 0.15) is 5.75 Å². The second-order valence-electron chi connectivity index (χ2n) is 3.79. The van der Waals surface area contributed by atoms with E-state index in [4.69, 9.17) is 15.2 Å². The number of methoxy groups -OCH3 is 1.